The molecule has 122 valence electrons. The third kappa shape index (κ3) is 6.62. The molecular weight excluding hydrogens is 303 g/mol. The fourth-order valence-electron chi connectivity index (χ4n) is 1.71. The van der Waals surface area contributed by atoms with Crippen molar-refractivity contribution in [3.63, 3.8) is 0 Å². The maximum atomic E-state index is 12.3. The van der Waals surface area contributed by atoms with Crippen LogP contribution in [0.3, 0.4) is 0 Å². The number of halogens is 3. The summed E-state index contributed by atoms with van der Waals surface area (Å²) in [4.78, 5) is 7.07. The van der Waals surface area contributed by atoms with Crippen LogP contribution < -0.4 is 10.2 Å². The van der Waals surface area contributed by atoms with Gasteiger partial charge in [-0.25, -0.2) is 4.98 Å². The molecule has 0 aliphatic heterocycles. The van der Waals surface area contributed by atoms with Gasteiger partial charge in [0.1, 0.15) is 0 Å². The number of aromatic nitrogens is 1. The van der Waals surface area contributed by atoms with Crippen molar-refractivity contribution in [3.8, 4) is 0 Å². The zero-order valence-corrected chi connectivity index (χ0v) is 13.4. The van der Waals surface area contributed by atoms with E-state index in [2.05, 4.69) is 10.3 Å². The van der Waals surface area contributed by atoms with Crippen LogP contribution in [0.5, 0.6) is 0 Å². The molecule has 0 saturated carbocycles. The van der Waals surface area contributed by atoms with Gasteiger partial charge in [0, 0.05) is 38.7 Å². The molecule has 0 fully saturated rings. The number of nitrogens with zero attached hydrogens (tertiary/aromatic N) is 2. The third-order valence-electron chi connectivity index (χ3n) is 2.93. The lowest BCUT2D eigenvalue weighted by Crippen LogP contribution is -2.23. The van der Waals surface area contributed by atoms with Crippen LogP contribution in [-0.2, 0) is 17.7 Å². The minimum Gasteiger partial charge on any atom is -0.383 e. The van der Waals surface area contributed by atoms with E-state index in [9.17, 15) is 13.2 Å². The van der Waals surface area contributed by atoms with Crippen LogP contribution in [0.1, 0.15) is 23.9 Å². The Morgan fingerprint density at radius 3 is 2.67 bits per heavy atom. The van der Waals surface area contributed by atoms with Crippen LogP contribution in [0.4, 0.5) is 18.3 Å². The van der Waals surface area contributed by atoms with E-state index in [4.69, 9.17) is 4.74 Å². The number of ether oxygens (including phenoxy) is 1. The lowest BCUT2D eigenvalue weighted by atomic mass is 10.3. The Balaban J connectivity index is 2.60. The van der Waals surface area contributed by atoms with Crippen LogP contribution in [0.2, 0.25) is 0 Å². The van der Waals surface area contributed by atoms with Gasteiger partial charge < -0.3 is 15.0 Å². The normalized spacial score (nSPS) is 11.9. The van der Waals surface area contributed by atoms with Gasteiger partial charge in [-0.05, 0) is 6.42 Å². The minimum atomic E-state index is -4.14. The summed E-state index contributed by atoms with van der Waals surface area (Å²) in [6.45, 7) is 3.94. The van der Waals surface area contributed by atoms with E-state index in [1.54, 1.807) is 19.1 Å². The molecule has 0 bridgehead atoms. The second-order valence-electron chi connectivity index (χ2n) is 4.68. The van der Waals surface area contributed by atoms with Crippen molar-refractivity contribution in [1.82, 2.24) is 10.3 Å². The first-order valence-corrected chi connectivity index (χ1v) is 7.65. The summed E-state index contributed by atoms with van der Waals surface area (Å²) >= 11 is 1.44. The molecule has 21 heavy (non-hydrogen) atoms. The molecule has 1 rings (SSSR count). The van der Waals surface area contributed by atoms with Gasteiger partial charge in [-0.15, -0.1) is 11.3 Å². The Labute approximate surface area is 127 Å². The summed E-state index contributed by atoms with van der Waals surface area (Å²) in [5.41, 5.74) is 0.943. The van der Waals surface area contributed by atoms with E-state index in [0.717, 1.165) is 23.5 Å². The van der Waals surface area contributed by atoms with Crippen molar-refractivity contribution < 1.29 is 17.9 Å². The van der Waals surface area contributed by atoms with Gasteiger partial charge in [0.05, 0.1) is 18.7 Å². The fraction of sp³-hybridized carbons (Fsp3) is 0.769. The maximum absolute atomic E-state index is 12.3. The van der Waals surface area contributed by atoms with Gasteiger partial charge >= 0.3 is 6.18 Å². The molecule has 0 spiro atoms. The summed E-state index contributed by atoms with van der Waals surface area (Å²) in [6, 6.07) is 0. The number of hydrogen-bond acceptors (Lipinski definition) is 5. The minimum absolute atomic E-state index is 0.0727. The number of aryl methyl sites for hydroxylation is 1. The average molecular weight is 325 g/mol. The highest BCUT2D eigenvalue weighted by Gasteiger charge is 2.27. The predicted octanol–water partition coefficient (Wildman–Crippen LogP) is 2.83. The number of thiazole rings is 1. The van der Waals surface area contributed by atoms with E-state index >= 15 is 0 Å². The Morgan fingerprint density at radius 2 is 2.10 bits per heavy atom. The highest BCUT2D eigenvalue weighted by Crippen LogP contribution is 2.28. The van der Waals surface area contributed by atoms with Crippen LogP contribution in [0.15, 0.2) is 0 Å². The molecule has 4 nitrogen and oxygen atoms in total. The van der Waals surface area contributed by atoms with Crippen LogP contribution in [0.25, 0.3) is 0 Å². The van der Waals surface area contributed by atoms with Gasteiger partial charge in [-0.3, -0.25) is 0 Å². The molecule has 1 heterocycles. The van der Waals surface area contributed by atoms with Gasteiger partial charge in [-0.2, -0.15) is 13.2 Å². The van der Waals surface area contributed by atoms with Crippen LogP contribution in [-0.4, -0.2) is 45.0 Å². The first-order chi connectivity index (χ1) is 9.87. The molecule has 0 aliphatic rings. The second kappa shape index (κ2) is 8.55. The van der Waals surface area contributed by atoms with Crippen molar-refractivity contribution in [1.29, 1.82) is 0 Å². The molecule has 0 saturated heterocycles. The second-order valence-corrected chi connectivity index (χ2v) is 5.74. The Bertz CT molecular complexity index is 423. The van der Waals surface area contributed by atoms with Crippen molar-refractivity contribution in [2.45, 2.75) is 32.5 Å². The highest BCUT2D eigenvalue weighted by atomic mass is 32.1. The zero-order valence-electron chi connectivity index (χ0n) is 12.6. The first kappa shape index (κ1) is 18.2. The summed E-state index contributed by atoms with van der Waals surface area (Å²) in [5, 5.41) is 3.87. The highest BCUT2D eigenvalue weighted by molar-refractivity contribution is 7.15. The molecule has 0 unspecified atom stereocenters. The quantitative estimate of drug-likeness (QED) is 0.709. The van der Waals surface area contributed by atoms with Crippen LogP contribution >= 0.6 is 11.3 Å². The fourth-order valence-corrected chi connectivity index (χ4v) is 2.82. The van der Waals surface area contributed by atoms with Crippen molar-refractivity contribution in [2.75, 3.05) is 38.8 Å². The van der Waals surface area contributed by atoms with E-state index < -0.39 is 12.6 Å². The molecule has 0 amide bonds. The molecule has 8 heteroatoms. The van der Waals surface area contributed by atoms with E-state index in [1.165, 1.54) is 11.3 Å². The summed E-state index contributed by atoms with van der Waals surface area (Å²) in [5.74, 6) is 0. The monoisotopic (exact) mass is 325 g/mol. The van der Waals surface area contributed by atoms with Crippen LogP contribution in [0, 0.1) is 0 Å². The molecule has 0 aromatic carbocycles. The molecule has 0 atom stereocenters. The first-order valence-electron chi connectivity index (χ1n) is 6.83. The van der Waals surface area contributed by atoms with Crippen molar-refractivity contribution in [3.05, 3.63) is 10.6 Å². The van der Waals surface area contributed by atoms with E-state index in [1.807, 2.05) is 6.92 Å². The molecule has 1 aromatic rings. The zero-order chi connectivity index (χ0) is 15.9. The SMILES string of the molecule is CCc1nc(N(C)CCC(F)(F)F)sc1CNCCOC. The maximum Gasteiger partial charge on any atom is 0.390 e. The van der Waals surface area contributed by atoms with E-state index in [-0.39, 0.29) is 6.54 Å². The topological polar surface area (TPSA) is 37.4 Å². The largest absolute Gasteiger partial charge is 0.390 e. The Morgan fingerprint density at radius 1 is 1.38 bits per heavy atom. The van der Waals surface area contributed by atoms with Gasteiger partial charge in [-0.1, -0.05) is 6.92 Å². The molecule has 1 N–H and O–H groups in total. The molecule has 1 aromatic heterocycles. The number of methoxy groups -OCH3 is 1. The number of hydrogen-bond donors (Lipinski definition) is 1. The third-order valence-corrected chi connectivity index (χ3v) is 4.14. The summed E-state index contributed by atoms with van der Waals surface area (Å²) in [7, 11) is 3.28. The van der Waals surface area contributed by atoms with Gasteiger partial charge in [0.25, 0.3) is 0 Å². The molecular formula is C13H22F3N3OS. The smallest absolute Gasteiger partial charge is 0.383 e. The Hall–Kier alpha value is -0.860. The lowest BCUT2D eigenvalue weighted by Gasteiger charge is -2.16. The predicted molar refractivity (Wildman–Crippen MR) is 79.0 cm³/mol. The van der Waals surface area contributed by atoms with Gasteiger partial charge in [0.15, 0.2) is 5.13 Å². The van der Waals surface area contributed by atoms with E-state index in [0.29, 0.717) is 18.3 Å². The lowest BCUT2D eigenvalue weighted by molar-refractivity contribution is -0.132. The van der Waals surface area contributed by atoms with Crippen molar-refractivity contribution in [2.24, 2.45) is 0 Å². The molecule has 0 aliphatic carbocycles. The standard InChI is InChI=1S/C13H22F3N3OS/c1-4-10-11(9-17-6-8-20-3)21-12(18-10)19(2)7-5-13(14,15)16/h17H,4-9H2,1-3H3. The number of anilines is 1. The number of rotatable bonds is 9. The summed E-state index contributed by atoms with van der Waals surface area (Å²) in [6.07, 6.45) is -4.19. The molecule has 0 radical (unpaired) electrons. The Kier molecular flexibility index (Phi) is 7.41. The summed E-state index contributed by atoms with van der Waals surface area (Å²) < 4.78 is 41.7. The number of alkyl halides is 3. The van der Waals surface area contributed by atoms with Crippen molar-refractivity contribution >= 4 is 16.5 Å². The average Bonchev–Trinajstić information content (AvgIpc) is 2.83. The number of nitrogens with one attached hydrogen (secondary N) is 1. The van der Waals surface area contributed by atoms with Gasteiger partial charge in [0.2, 0.25) is 0 Å².